The van der Waals surface area contributed by atoms with Crippen LogP contribution in [0.1, 0.15) is 356 Å². The summed E-state index contributed by atoms with van der Waals surface area (Å²) in [6.07, 6.45) is 42.5. The van der Waals surface area contributed by atoms with Gasteiger partial charge in [-0.15, -0.1) is 0 Å². The largest absolute Gasteiger partial charge is 0.466 e. The smallest absolute Gasteiger partial charge is 0.309 e. The number of ketones is 3. The number of Topliss-reactive ketones (excluding diaryl/α,β-unsaturated/α-hetero) is 3. The van der Waals surface area contributed by atoms with Gasteiger partial charge in [0.2, 0.25) is 0 Å². The molecule has 550 valence electrons. The van der Waals surface area contributed by atoms with Gasteiger partial charge < -0.3 is 23.7 Å². The number of fused-ring (bicyclic) bond motifs is 5. The van der Waals surface area contributed by atoms with Crippen LogP contribution in [0.4, 0.5) is 0 Å². The standard InChI is InChI=1S/C10H14O.C10H16.C8H10O2.C7H10O2.C7H10O.C6H10O2.C6H10O.C5H8O2.C4H6O2.9C2H6/c11-10-8-2-6-1-7(4-8)5-9(10)3-6;1-7-2-9-4-8(1)5-10(3-7)6-9;9-8-6-2-4-1-5(6)7(3-4)10-8;8-7-5-2-1-3-6(4-5)9-7;8-7-4-5-1-2-6(7)3-5;7-6-4-2-1-3-5-8-6;7-6-4-2-1-3-5-6;6-5-3-1-2-4-7-5;5-4-2-1-3-6-4;9*1-2/h6-9H,1-5H2;7-10H,1-6H2;4-7H,1-3H2;5-6H,1-4H2;5-6H,1-4H2;1-5H2;1-5H2;1-4H2;1-3H2;9*1-2H3. The summed E-state index contributed by atoms with van der Waals surface area (Å²) in [5, 5.41) is 0. The van der Waals surface area contributed by atoms with Crippen molar-refractivity contribution in [1.82, 2.24) is 0 Å². The van der Waals surface area contributed by atoms with Crippen molar-refractivity contribution >= 4 is 47.2 Å². The van der Waals surface area contributed by atoms with Gasteiger partial charge in [-0.05, 0) is 234 Å². The highest BCUT2D eigenvalue weighted by molar-refractivity contribution is 5.85. The van der Waals surface area contributed by atoms with Gasteiger partial charge in [0.1, 0.15) is 29.6 Å². The third-order valence-corrected chi connectivity index (χ3v) is 20.5. The summed E-state index contributed by atoms with van der Waals surface area (Å²) in [5.41, 5.74) is 0. The molecule has 5 aliphatic heterocycles. The van der Waals surface area contributed by atoms with Crippen molar-refractivity contribution in [3.05, 3.63) is 0 Å². The topological polar surface area (TPSA) is 183 Å². The lowest BCUT2D eigenvalue weighted by molar-refractivity contribution is -0.147. The van der Waals surface area contributed by atoms with Crippen molar-refractivity contribution in [3.8, 4) is 0 Å². The Kier molecular flexibility index (Phi) is 53.1. The van der Waals surface area contributed by atoms with Crippen LogP contribution >= 0.6 is 0 Å². The van der Waals surface area contributed by atoms with E-state index in [1.807, 2.05) is 125 Å². The summed E-state index contributed by atoms with van der Waals surface area (Å²) in [6.45, 7) is 37.9. The van der Waals surface area contributed by atoms with Crippen LogP contribution in [0.25, 0.3) is 0 Å². The quantitative estimate of drug-likeness (QED) is 0.165. The lowest BCUT2D eigenvalue weighted by atomic mass is 9.56. The van der Waals surface area contributed by atoms with Crippen molar-refractivity contribution in [3.63, 3.8) is 0 Å². The highest BCUT2D eigenvalue weighted by atomic mass is 16.6. The average molecular weight is 1330 g/mol. The zero-order valence-corrected chi connectivity index (χ0v) is 64.1. The molecule has 19 rings (SSSR count). The molecule has 14 saturated carbocycles. The molecule has 5 saturated heterocycles. The Morgan fingerprint density at radius 1 is 0.287 bits per heavy atom. The Hall–Kier alpha value is -3.64. The number of carbonyl (C=O) groups excluding carboxylic acids is 8. The van der Waals surface area contributed by atoms with Gasteiger partial charge in [0, 0.05) is 62.2 Å². The van der Waals surface area contributed by atoms with Gasteiger partial charge in [-0.1, -0.05) is 131 Å². The predicted octanol–water partition coefficient (Wildman–Crippen LogP) is 21.2. The van der Waals surface area contributed by atoms with Crippen molar-refractivity contribution in [1.29, 1.82) is 0 Å². The van der Waals surface area contributed by atoms with E-state index in [1.165, 1.54) is 94.3 Å². The Balaban J connectivity index is 0.00000101. The lowest BCUT2D eigenvalue weighted by Gasteiger charge is -2.49. The van der Waals surface area contributed by atoms with Crippen molar-refractivity contribution in [2.75, 3.05) is 19.8 Å². The van der Waals surface area contributed by atoms with E-state index < -0.39 is 0 Å². The molecule has 8 unspecified atom stereocenters. The maximum absolute atomic E-state index is 11.6. The van der Waals surface area contributed by atoms with Crippen molar-refractivity contribution in [2.24, 2.45) is 82.9 Å². The minimum atomic E-state index is -0.0463. The van der Waals surface area contributed by atoms with Crippen LogP contribution < -0.4 is 0 Å². The van der Waals surface area contributed by atoms with Gasteiger partial charge >= 0.3 is 29.8 Å². The van der Waals surface area contributed by atoms with Gasteiger partial charge in [-0.2, -0.15) is 0 Å². The number of cyclic esters (lactones) is 3. The van der Waals surface area contributed by atoms with Crippen LogP contribution in [0.15, 0.2) is 0 Å². The molecule has 5 heterocycles. The highest BCUT2D eigenvalue weighted by Gasteiger charge is 2.56. The minimum absolute atomic E-state index is 0.0255. The number of rotatable bonds is 0. The Morgan fingerprint density at radius 3 is 1.01 bits per heavy atom. The SMILES string of the molecule is C1C2CC3CC1CC(C2)C3.CC.CC.CC.CC.CC.CC.CC.CC.CC.O=C1C2CC3CC(C2)CC1C3.O=C1CC2CCC1C2.O=C1CCCCC1.O=C1CCCCCO1.O=C1CCCCO1.O=C1CCCO1.O=C1OC2CC3CC1C2C3.O=C1OC2CCCC1C2. The van der Waals surface area contributed by atoms with E-state index in [0.29, 0.717) is 92.1 Å². The molecule has 19 aliphatic rings. The summed E-state index contributed by atoms with van der Waals surface area (Å²) in [6, 6.07) is 0. The van der Waals surface area contributed by atoms with Gasteiger partial charge in [-0.3, -0.25) is 38.4 Å². The monoisotopic (exact) mass is 1330 g/mol. The summed E-state index contributed by atoms with van der Waals surface area (Å²) < 4.78 is 24.2. The molecule has 0 radical (unpaired) electrons. The van der Waals surface area contributed by atoms with Crippen LogP contribution in [0.2, 0.25) is 0 Å². The second-order valence-corrected chi connectivity index (χ2v) is 26.5. The van der Waals surface area contributed by atoms with E-state index in [-0.39, 0.29) is 41.9 Å². The first-order chi connectivity index (χ1) is 45.9. The molecule has 0 spiro atoms. The number of hydrogen-bond acceptors (Lipinski definition) is 13. The van der Waals surface area contributed by atoms with Crippen LogP contribution in [0, 0.1) is 82.9 Å². The molecule has 0 amide bonds. The maximum atomic E-state index is 11.6. The molecule has 13 heteroatoms. The fraction of sp³-hybridized carbons (Fsp3) is 0.901. The highest BCUT2D eigenvalue weighted by Crippen LogP contribution is 2.55. The molecule has 0 aromatic heterocycles. The van der Waals surface area contributed by atoms with Crippen LogP contribution in [-0.4, -0.2) is 79.2 Å². The first-order valence-corrected chi connectivity index (χ1v) is 40.3. The number of carbonyl (C=O) groups is 8. The summed E-state index contributed by atoms with van der Waals surface area (Å²) in [4.78, 5) is 85.5. The van der Waals surface area contributed by atoms with Gasteiger partial charge in [-0.25, -0.2) is 0 Å². The van der Waals surface area contributed by atoms with Gasteiger partial charge in [0.25, 0.3) is 0 Å². The first kappa shape index (κ1) is 90.4. The number of hydrogen-bond donors (Lipinski definition) is 0. The van der Waals surface area contributed by atoms with E-state index in [1.54, 1.807) is 38.5 Å². The summed E-state index contributed by atoms with van der Waals surface area (Å²) in [5.74, 6) is 12.6. The normalized spacial score (nSPS) is 33.0. The van der Waals surface area contributed by atoms with Crippen LogP contribution in [0.3, 0.4) is 0 Å². The zero-order valence-electron chi connectivity index (χ0n) is 64.1. The third-order valence-electron chi connectivity index (χ3n) is 20.5. The zero-order chi connectivity index (χ0) is 71.0. The Labute approximate surface area is 577 Å². The second-order valence-electron chi connectivity index (χ2n) is 26.5. The van der Waals surface area contributed by atoms with Gasteiger partial charge in [0.15, 0.2) is 0 Å². The fourth-order valence-electron chi connectivity index (χ4n) is 17.1. The molecular weight excluding hydrogens is 1180 g/mol. The van der Waals surface area contributed by atoms with E-state index in [4.69, 9.17) is 14.2 Å². The molecule has 14 bridgehead atoms. The average Bonchev–Trinajstić information content (AvgIpc) is 1.46. The molecule has 8 atom stereocenters. The third kappa shape index (κ3) is 32.8. The molecule has 0 N–H and O–H groups in total. The predicted molar refractivity (Wildman–Crippen MR) is 385 cm³/mol. The van der Waals surface area contributed by atoms with E-state index >= 15 is 0 Å². The van der Waals surface area contributed by atoms with E-state index in [0.717, 1.165) is 126 Å². The summed E-state index contributed by atoms with van der Waals surface area (Å²) in [7, 11) is 0. The molecule has 0 aromatic rings. The molecule has 19 fully saturated rings. The Morgan fingerprint density at radius 2 is 0.681 bits per heavy atom. The fourth-order valence-corrected chi connectivity index (χ4v) is 17.1. The second kappa shape index (κ2) is 55.3. The molecule has 13 nitrogen and oxygen atoms in total. The summed E-state index contributed by atoms with van der Waals surface area (Å²) >= 11 is 0. The molecular formula is C81H148O13. The molecule has 0 aromatic carbocycles. The van der Waals surface area contributed by atoms with E-state index in [9.17, 15) is 38.4 Å². The maximum Gasteiger partial charge on any atom is 0.309 e. The van der Waals surface area contributed by atoms with Crippen molar-refractivity contribution < 1.29 is 62.0 Å². The number of ether oxygens (including phenoxy) is 5. The molecule has 94 heavy (non-hydrogen) atoms. The minimum Gasteiger partial charge on any atom is -0.466 e. The van der Waals surface area contributed by atoms with Crippen LogP contribution in [0.5, 0.6) is 0 Å². The number of esters is 5. The molecule has 14 aliphatic carbocycles. The lowest BCUT2D eigenvalue weighted by Crippen LogP contribution is -2.45. The van der Waals surface area contributed by atoms with Gasteiger partial charge in [0.05, 0.1) is 31.7 Å². The van der Waals surface area contributed by atoms with Crippen molar-refractivity contribution in [2.45, 2.75) is 368 Å². The first-order valence-electron chi connectivity index (χ1n) is 40.3. The van der Waals surface area contributed by atoms with E-state index in [2.05, 4.69) is 9.47 Å². The van der Waals surface area contributed by atoms with Crippen LogP contribution in [-0.2, 0) is 62.0 Å². The Bertz CT molecular complexity index is 1870.